The van der Waals surface area contributed by atoms with Crippen molar-refractivity contribution in [3.63, 3.8) is 0 Å². The Hall–Kier alpha value is -1.75. The Morgan fingerprint density at radius 3 is 2.90 bits per heavy atom. The summed E-state index contributed by atoms with van der Waals surface area (Å²) in [5.41, 5.74) is 2.31. The maximum absolute atomic E-state index is 12.9. The molecule has 2 saturated heterocycles. The van der Waals surface area contributed by atoms with Gasteiger partial charge in [-0.05, 0) is 44.2 Å². The van der Waals surface area contributed by atoms with Gasteiger partial charge in [-0.3, -0.25) is 4.79 Å². The largest absolute Gasteiger partial charge is 0.334 e. The highest BCUT2D eigenvalue weighted by atomic mass is 32.1. The monoisotopic (exact) mass is 299 g/mol. The number of aryl methyl sites for hydroxylation is 1. The Kier molecular flexibility index (Phi) is 3.03. The summed E-state index contributed by atoms with van der Waals surface area (Å²) < 4.78 is 0. The summed E-state index contributed by atoms with van der Waals surface area (Å²) in [7, 11) is 0. The molecule has 0 atom stereocenters. The summed E-state index contributed by atoms with van der Waals surface area (Å²) in [6, 6.07) is 4.35. The zero-order valence-corrected chi connectivity index (χ0v) is 12.8. The predicted molar refractivity (Wildman–Crippen MR) is 82.2 cm³/mol. The summed E-state index contributed by atoms with van der Waals surface area (Å²) in [5, 5.41) is 2.80. The molecule has 2 aliphatic heterocycles. The Balaban J connectivity index is 1.73. The summed E-state index contributed by atoms with van der Waals surface area (Å²) in [4.78, 5) is 23.8. The second kappa shape index (κ2) is 4.91. The van der Waals surface area contributed by atoms with E-state index < -0.39 is 0 Å². The van der Waals surface area contributed by atoms with Gasteiger partial charge in [0.25, 0.3) is 5.91 Å². The average Bonchev–Trinajstić information content (AvgIpc) is 2.99. The highest BCUT2D eigenvalue weighted by Gasteiger charge is 2.41. The van der Waals surface area contributed by atoms with Crippen LogP contribution < -0.4 is 0 Å². The highest BCUT2D eigenvalue weighted by molar-refractivity contribution is 7.13. The summed E-state index contributed by atoms with van der Waals surface area (Å²) in [6.45, 7) is 2.80. The molecular weight excluding hydrogens is 282 g/mol. The molecule has 0 N–H and O–H groups in total. The second-order valence-electron chi connectivity index (χ2n) is 5.96. The summed E-state index contributed by atoms with van der Waals surface area (Å²) >= 11 is 1.55. The Labute approximate surface area is 127 Å². The van der Waals surface area contributed by atoms with Crippen molar-refractivity contribution < 1.29 is 4.79 Å². The smallest absolute Gasteiger partial charge is 0.273 e. The van der Waals surface area contributed by atoms with Crippen LogP contribution in [0.5, 0.6) is 0 Å². The maximum atomic E-state index is 12.9. The molecular formula is C16H17N3OS. The standard InChI is InChI=1S/C16H17N3OS/c1-10-2-3-13(15-17-5-7-21-15)14(18-10)16(20)19-6-4-11-8-12(19)9-11/h2-3,5,7,11-12H,4,6,8-9H2,1H3. The average molecular weight is 299 g/mol. The fraction of sp³-hybridized carbons (Fsp3) is 0.438. The van der Waals surface area contributed by atoms with Gasteiger partial charge in [0.1, 0.15) is 10.7 Å². The molecule has 2 aromatic rings. The molecule has 4 nitrogen and oxygen atoms in total. The van der Waals surface area contributed by atoms with Crippen LogP contribution in [-0.2, 0) is 0 Å². The lowest BCUT2D eigenvalue weighted by Crippen LogP contribution is -2.54. The van der Waals surface area contributed by atoms with Gasteiger partial charge in [-0.1, -0.05) is 0 Å². The SMILES string of the molecule is Cc1ccc(-c2nccs2)c(C(=O)N2CCC3CC2C3)n1. The number of fused-ring (bicyclic) bond motifs is 2. The van der Waals surface area contributed by atoms with Crippen LogP contribution in [0.4, 0.5) is 0 Å². The number of carbonyl (C=O) groups is 1. The van der Waals surface area contributed by atoms with Gasteiger partial charge >= 0.3 is 0 Å². The molecule has 1 amide bonds. The van der Waals surface area contributed by atoms with Crippen LogP contribution >= 0.6 is 11.3 Å². The van der Waals surface area contributed by atoms with E-state index in [0.717, 1.165) is 35.1 Å². The Morgan fingerprint density at radius 1 is 1.38 bits per heavy atom. The van der Waals surface area contributed by atoms with E-state index in [1.807, 2.05) is 29.3 Å². The van der Waals surface area contributed by atoms with Crippen LogP contribution in [0.15, 0.2) is 23.7 Å². The second-order valence-corrected chi connectivity index (χ2v) is 6.86. The molecule has 4 heterocycles. The normalized spacial score (nSPS) is 23.8. The lowest BCUT2D eigenvalue weighted by molar-refractivity contribution is 0.0144. The summed E-state index contributed by atoms with van der Waals surface area (Å²) in [6.07, 6.45) is 5.25. The zero-order valence-electron chi connectivity index (χ0n) is 12.0. The van der Waals surface area contributed by atoms with E-state index in [1.165, 1.54) is 12.8 Å². The van der Waals surface area contributed by atoms with Crippen molar-refractivity contribution in [2.45, 2.75) is 32.2 Å². The number of piperidine rings is 2. The van der Waals surface area contributed by atoms with Gasteiger partial charge in [0.05, 0.1) is 0 Å². The fourth-order valence-electron chi connectivity index (χ4n) is 3.35. The topological polar surface area (TPSA) is 46.1 Å². The number of thiazole rings is 1. The third-order valence-corrected chi connectivity index (χ3v) is 5.40. The predicted octanol–water partition coefficient (Wildman–Crippen LogP) is 3.14. The van der Waals surface area contributed by atoms with Crippen LogP contribution in [0, 0.1) is 12.8 Å². The van der Waals surface area contributed by atoms with Crippen molar-refractivity contribution in [3.05, 3.63) is 35.1 Å². The van der Waals surface area contributed by atoms with Crippen molar-refractivity contribution in [1.29, 1.82) is 0 Å². The number of amides is 1. The Bertz CT molecular complexity index is 674. The first kappa shape index (κ1) is 13.0. The Morgan fingerprint density at radius 2 is 2.24 bits per heavy atom. The number of pyridine rings is 1. The number of carbonyl (C=O) groups excluding carboxylic acids is 1. The molecule has 1 saturated carbocycles. The van der Waals surface area contributed by atoms with Crippen molar-refractivity contribution in [3.8, 4) is 10.6 Å². The van der Waals surface area contributed by atoms with Gasteiger partial charge in [0, 0.05) is 35.4 Å². The zero-order chi connectivity index (χ0) is 14.4. The molecule has 0 aromatic carbocycles. The molecule has 3 aliphatic rings. The molecule has 21 heavy (non-hydrogen) atoms. The van der Waals surface area contributed by atoms with E-state index in [9.17, 15) is 4.79 Å². The molecule has 2 aromatic heterocycles. The van der Waals surface area contributed by atoms with Crippen LogP contribution in [-0.4, -0.2) is 33.4 Å². The van der Waals surface area contributed by atoms with E-state index in [1.54, 1.807) is 17.5 Å². The molecule has 2 bridgehead atoms. The van der Waals surface area contributed by atoms with Crippen molar-refractivity contribution in [2.75, 3.05) is 6.54 Å². The van der Waals surface area contributed by atoms with Crippen LogP contribution in [0.3, 0.4) is 0 Å². The number of nitrogens with zero attached hydrogens (tertiary/aromatic N) is 3. The van der Waals surface area contributed by atoms with E-state index in [0.29, 0.717) is 11.7 Å². The molecule has 5 heteroatoms. The van der Waals surface area contributed by atoms with E-state index in [-0.39, 0.29) is 5.91 Å². The van der Waals surface area contributed by atoms with Gasteiger partial charge < -0.3 is 4.90 Å². The number of hydrogen-bond donors (Lipinski definition) is 0. The first-order chi connectivity index (χ1) is 10.2. The minimum absolute atomic E-state index is 0.0760. The van der Waals surface area contributed by atoms with E-state index in [2.05, 4.69) is 9.97 Å². The molecule has 5 rings (SSSR count). The van der Waals surface area contributed by atoms with E-state index in [4.69, 9.17) is 0 Å². The fourth-order valence-corrected chi connectivity index (χ4v) is 4.01. The van der Waals surface area contributed by atoms with Gasteiger partial charge in [-0.2, -0.15) is 0 Å². The molecule has 1 aliphatic carbocycles. The van der Waals surface area contributed by atoms with Crippen LogP contribution in [0.1, 0.15) is 35.4 Å². The van der Waals surface area contributed by atoms with Gasteiger partial charge in [-0.15, -0.1) is 11.3 Å². The minimum Gasteiger partial charge on any atom is -0.334 e. The first-order valence-electron chi connectivity index (χ1n) is 7.41. The van der Waals surface area contributed by atoms with Gasteiger partial charge in [0.15, 0.2) is 0 Å². The van der Waals surface area contributed by atoms with Crippen molar-refractivity contribution in [2.24, 2.45) is 5.92 Å². The molecule has 0 unspecified atom stereocenters. The summed E-state index contributed by atoms with van der Waals surface area (Å²) in [5.74, 6) is 0.926. The molecule has 0 spiro atoms. The first-order valence-corrected chi connectivity index (χ1v) is 8.29. The van der Waals surface area contributed by atoms with E-state index >= 15 is 0 Å². The van der Waals surface area contributed by atoms with Crippen molar-refractivity contribution >= 4 is 17.2 Å². The molecule has 108 valence electrons. The highest BCUT2D eigenvalue weighted by Crippen LogP contribution is 2.40. The third kappa shape index (κ3) is 2.16. The molecule has 3 fully saturated rings. The number of rotatable bonds is 2. The number of hydrogen-bond acceptors (Lipinski definition) is 4. The van der Waals surface area contributed by atoms with Crippen LogP contribution in [0.2, 0.25) is 0 Å². The third-order valence-electron chi connectivity index (χ3n) is 4.59. The quantitative estimate of drug-likeness (QED) is 0.856. The minimum atomic E-state index is 0.0760. The van der Waals surface area contributed by atoms with Crippen LogP contribution in [0.25, 0.3) is 10.6 Å². The van der Waals surface area contributed by atoms with Gasteiger partial charge in [-0.25, -0.2) is 9.97 Å². The number of aromatic nitrogens is 2. The van der Waals surface area contributed by atoms with Gasteiger partial charge in [0.2, 0.25) is 0 Å². The maximum Gasteiger partial charge on any atom is 0.273 e. The van der Waals surface area contributed by atoms with Crippen molar-refractivity contribution in [1.82, 2.24) is 14.9 Å². The lowest BCUT2D eigenvalue weighted by atomic mass is 9.73. The molecule has 0 radical (unpaired) electrons. The lowest BCUT2D eigenvalue weighted by Gasteiger charge is -2.49.